The van der Waals surface area contributed by atoms with E-state index in [1.165, 1.54) is 12.1 Å². The molecule has 1 atom stereocenters. The summed E-state index contributed by atoms with van der Waals surface area (Å²) in [5.41, 5.74) is 7.26. The molecule has 2 N–H and O–H groups in total. The van der Waals surface area contributed by atoms with Crippen molar-refractivity contribution in [1.82, 2.24) is 14.8 Å². The molecule has 0 bridgehead atoms. The van der Waals surface area contributed by atoms with E-state index >= 15 is 0 Å². The van der Waals surface area contributed by atoms with Crippen LogP contribution in [0.4, 0.5) is 4.39 Å². The van der Waals surface area contributed by atoms with Gasteiger partial charge in [0.2, 0.25) is 11.8 Å². The maximum absolute atomic E-state index is 13.3. The van der Waals surface area contributed by atoms with Crippen LogP contribution in [-0.4, -0.2) is 52.8 Å². The van der Waals surface area contributed by atoms with Crippen LogP contribution in [0.3, 0.4) is 0 Å². The molecule has 1 saturated heterocycles. The lowest BCUT2D eigenvalue weighted by atomic mass is 9.96. The average Bonchev–Trinajstić information content (AvgIpc) is 2.72. The second-order valence-electron chi connectivity index (χ2n) is 7.54. The van der Waals surface area contributed by atoms with Crippen LogP contribution in [0.15, 0.2) is 48.8 Å². The number of piperidine rings is 1. The molecule has 1 aliphatic heterocycles. The first-order valence-corrected chi connectivity index (χ1v) is 9.94. The Balaban J connectivity index is 1.69. The van der Waals surface area contributed by atoms with Gasteiger partial charge in [-0.05, 0) is 55.1 Å². The number of pyridine rings is 1. The summed E-state index contributed by atoms with van der Waals surface area (Å²) in [5.74, 6) is -0.728. The Morgan fingerprint density at radius 3 is 2.69 bits per heavy atom. The molecule has 6 nitrogen and oxygen atoms in total. The van der Waals surface area contributed by atoms with Crippen LogP contribution < -0.4 is 5.73 Å². The van der Waals surface area contributed by atoms with Crippen molar-refractivity contribution < 1.29 is 14.0 Å². The van der Waals surface area contributed by atoms with Gasteiger partial charge in [-0.25, -0.2) is 4.39 Å². The van der Waals surface area contributed by atoms with Crippen molar-refractivity contribution >= 4 is 11.8 Å². The number of hydrogen-bond donors (Lipinski definition) is 1. The molecule has 2 heterocycles. The van der Waals surface area contributed by atoms with Gasteiger partial charge in [0.15, 0.2) is 0 Å². The molecular weight excluding hydrogens is 371 g/mol. The highest BCUT2D eigenvalue weighted by atomic mass is 19.1. The van der Waals surface area contributed by atoms with Crippen molar-refractivity contribution in [2.45, 2.75) is 25.8 Å². The summed E-state index contributed by atoms with van der Waals surface area (Å²) in [6.07, 6.45) is 5.77. The topological polar surface area (TPSA) is 79.5 Å². The summed E-state index contributed by atoms with van der Waals surface area (Å²) in [4.78, 5) is 32.5. The number of carbonyl (C=O) groups excluding carboxylic acids is 2. The van der Waals surface area contributed by atoms with Gasteiger partial charge >= 0.3 is 0 Å². The van der Waals surface area contributed by atoms with E-state index in [4.69, 9.17) is 5.73 Å². The number of hydrogen-bond acceptors (Lipinski definition) is 4. The summed E-state index contributed by atoms with van der Waals surface area (Å²) in [6, 6.07) is 10.2. The number of likely N-dealkylation sites (tertiary alicyclic amines) is 1. The lowest BCUT2D eigenvalue weighted by molar-refractivity contribution is -0.138. The summed E-state index contributed by atoms with van der Waals surface area (Å²) >= 11 is 0. The summed E-state index contributed by atoms with van der Waals surface area (Å²) < 4.78 is 13.2. The Morgan fingerprint density at radius 2 is 2.00 bits per heavy atom. The molecule has 29 heavy (non-hydrogen) atoms. The van der Waals surface area contributed by atoms with Crippen molar-refractivity contribution in [3.8, 4) is 0 Å². The molecule has 2 aromatic rings. The third-order valence-electron chi connectivity index (χ3n) is 5.23. The van der Waals surface area contributed by atoms with Crippen molar-refractivity contribution in [1.29, 1.82) is 0 Å². The zero-order valence-corrected chi connectivity index (χ0v) is 16.5. The smallest absolute Gasteiger partial charge is 0.231 e. The summed E-state index contributed by atoms with van der Waals surface area (Å²) in [7, 11) is 0. The molecule has 1 aromatic carbocycles. The minimum atomic E-state index is -0.373. The molecule has 1 unspecified atom stereocenters. The second kappa shape index (κ2) is 10.1. The number of nitrogens with two attached hydrogens (primary N) is 1. The second-order valence-corrected chi connectivity index (χ2v) is 7.54. The molecule has 2 amide bonds. The Labute approximate surface area is 170 Å². The molecule has 1 aliphatic rings. The van der Waals surface area contributed by atoms with E-state index in [0.717, 1.165) is 30.5 Å². The van der Waals surface area contributed by atoms with Crippen LogP contribution in [0.1, 0.15) is 24.0 Å². The van der Waals surface area contributed by atoms with E-state index in [9.17, 15) is 14.0 Å². The van der Waals surface area contributed by atoms with Gasteiger partial charge < -0.3 is 10.6 Å². The molecular formula is C22H27FN4O2. The van der Waals surface area contributed by atoms with Crippen LogP contribution >= 0.6 is 0 Å². The quantitative estimate of drug-likeness (QED) is 0.738. The third kappa shape index (κ3) is 6.35. The minimum absolute atomic E-state index is 0.0742. The fourth-order valence-corrected chi connectivity index (χ4v) is 3.77. The van der Waals surface area contributed by atoms with Gasteiger partial charge in [0, 0.05) is 32.0 Å². The fraction of sp³-hybridized carbons (Fsp3) is 0.409. The van der Waals surface area contributed by atoms with Gasteiger partial charge in [-0.3, -0.25) is 19.5 Å². The zero-order valence-electron chi connectivity index (χ0n) is 16.5. The molecule has 7 heteroatoms. The molecule has 1 aromatic heterocycles. The SMILES string of the molecule is NC(=O)CN1CCCC(C(=O)N(CCc2ccc(F)cc2)Cc2cccnc2)C1. The molecule has 1 fully saturated rings. The van der Waals surface area contributed by atoms with E-state index in [0.29, 0.717) is 26.1 Å². The molecule has 0 radical (unpaired) electrons. The fourth-order valence-electron chi connectivity index (χ4n) is 3.77. The largest absolute Gasteiger partial charge is 0.369 e. The number of rotatable bonds is 8. The van der Waals surface area contributed by atoms with Crippen LogP contribution in [-0.2, 0) is 22.6 Å². The third-order valence-corrected chi connectivity index (χ3v) is 5.23. The first-order chi connectivity index (χ1) is 14.0. The predicted octanol–water partition coefficient (Wildman–Crippen LogP) is 1.99. The van der Waals surface area contributed by atoms with E-state index in [-0.39, 0.29) is 30.1 Å². The van der Waals surface area contributed by atoms with Gasteiger partial charge in [-0.1, -0.05) is 18.2 Å². The number of benzene rings is 1. The highest BCUT2D eigenvalue weighted by molar-refractivity contribution is 5.79. The number of carbonyl (C=O) groups is 2. The number of aromatic nitrogens is 1. The average molecular weight is 398 g/mol. The van der Waals surface area contributed by atoms with Crippen molar-refractivity contribution in [3.05, 3.63) is 65.7 Å². The normalized spacial score (nSPS) is 17.1. The Kier molecular flexibility index (Phi) is 7.30. The highest BCUT2D eigenvalue weighted by Crippen LogP contribution is 2.20. The summed E-state index contributed by atoms with van der Waals surface area (Å²) in [6.45, 7) is 2.51. The number of primary amides is 1. The number of halogens is 1. The molecule has 3 rings (SSSR count). The Bertz CT molecular complexity index is 813. The van der Waals surface area contributed by atoms with E-state index < -0.39 is 0 Å². The number of amides is 2. The Hall–Kier alpha value is -2.80. The van der Waals surface area contributed by atoms with E-state index in [1.807, 2.05) is 21.9 Å². The monoisotopic (exact) mass is 398 g/mol. The summed E-state index contributed by atoms with van der Waals surface area (Å²) in [5, 5.41) is 0. The van der Waals surface area contributed by atoms with Gasteiger partial charge in [-0.2, -0.15) is 0 Å². The maximum Gasteiger partial charge on any atom is 0.231 e. The van der Waals surface area contributed by atoms with Crippen molar-refractivity contribution in [2.75, 3.05) is 26.2 Å². The van der Waals surface area contributed by atoms with Crippen LogP contribution in [0.2, 0.25) is 0 Å². The Morgan fingerprint density at radius 1 is 1.21 bits per heavy atom. The molecule has 0 saturated carbocycles. The van der Waals surface area contributed by atoms with E-state index in [2.05, 4.69) is 4.98 Å². The van der Waals surface area contributed by atoms with Crippen LogP contribution in [0.5, 0.6) is 0 Å². The van der Waals surface area contributed by atoms with Crippen molar-refractivity contribution in [3.63, 3.8) is 0 Å². The zero-order chi connectivity index (χ0) is 20.6. The molecule has 154 valence electrons. The standard InChI is InChI=1S/C22H27FN4O2/c23-20-7-5-17(6-8-20)9-12-27(14-18-3-1-10-25-13-18)22(29)19-4-2-11-26(15-19)16-21(24)28/h1,3,5-8,10,13,19H,2,4,9,11-12,14-16H2,(H2,24,28). The lowest BCUT2D eigenvalue weighted by Gasteiger charge is -2.34. The highest BCUT2D eigenvalue weighted by Gasteiger charge is 2.29. The molecule has 0 aliphatic carbocycles. The van der Waals surface area contributed by atoms with Crippen LogP contribution in [0.25, 0.3) is 0 Å². The van der Waals surface area contributed by atoms with E-state index in [1.54, 1.807) is 24.5 Å². The molecule has 0 spiro atoms. The van der Waals surface area contributed by atoms with Gasteiger partial charge in [0.25, 0.3) is 0 Å². The lowest BCUT2D eigenvalue weighted by Crippen LogP contribution is -2.47. The van der Waals surface area contributed by atoms with Crippen molar-refractivity contribution in [2.24, 2.45) is 11.7 Å². The maximum atomic E-state index is 13.3. The van der Waals surface area contributed by atoms with Gasteiger partial charge in [-0.15, -0.1) is 0 Å². The van der Waals surface area contributed by atoms with Crippen LogP contribution in [0, 0.1) is 11.7 Å². The first-order valence-electron chi connectivity index (χ1n) is 9.94. The van der Waals surface area contributed by atoms with Gasteiger partial charge in [0.05, 0.1) is 12.5 Å². The first kappa shape index (κ1) is 20.9. The minimum Gasteiger partial charge on any atom is -0.369 e. The van der Waals surface area contributed by atoms with Gasteiger partial charge in [0.1, 0.15) is 5.82 Å². The number of nitrogens with zero attached hydrogens (tertiary/aromatic N) is 3. The predicted molar refractivity (Wildman–Crippen MR) is 108 cm³/mol.